The first-order valence-corrected chi connectivity index (χ1v) is 7.93. The van der Waals surface area contributed by atoms with Crippen molar-refractivity contribution in [3.8, 4) is 0 Å². The largest absolute Gasteiger partial charge is 0.353 e. The van der Waals surface area contributed by atoms with E-state index in [2.05, 4.69) is 10.6 Å². The Bertz CT molecular complexity index is 633. The molecule has 3 amide bonds. The monoisotopic (exact) mass is 337 g/mol. The normalized spacial score (nSPS) is 17.6. The van der Waals surface area contributed by atoms with Gasteiger partial charge in [0.2, 0.25) is 17.7 Å². The molecule has 2 rings (SSSR count). The summed E-state index contributed by atoms with van der Waals surface area (Å²) in [4.78, 5) is 37.6. The fraction of sp³-hybridized carbons (Fsp3) is 0.438. The maximum Gasteiger partial charge on any atom is 0.243 e. The van der Waals surface area contributed by atoms with Gasteiger partial charge in [0.05, 0.1) is 6.42 Å². The average Bonchev–Trinajstić information content (AvgIpc) is 2.52. The Kier molecular flexibility index (Phi) is 5.60. The molecule has 1 fully saturated rings. The fourth-order valence-electron chi connectivity index (χ4n) is 2.48. The Hall–Kier alpha value is -2.08. The van der Waals surface area contributed by atoms with Crippen LogP contribution in [0.3, 0.4) is 0 Å². The third kappa shape index (κ3) is 4.22. The number of aryl methyl sites for hydroxylation is 1. The topological polar surface area (TPSA) is 78.5 Å². The second-order valence-electron chi connectivity index (χ2n) is 5.46. The number of rotatable bonds is 4. The second kappa shape index (κ2) is 7.46. The van der Waals surface area contributed by atoms with Crippen molar-refractivity contribution in [2.45, 2.75) is 32.7 Å². The summed E-state index contributed by atoms with van der Waals surface area (Å²) >= 11 is 6.03. The summed E-state index contributed by atoms with van der Waals surface area (Å²) in [5.74, 6) is -0.757. The van der Waals surface area contributed by atoms with E-state index in [0.717, 1.165) is 5.56 Å². The van der Waals surface area contributed by atoms with Gasteiger partial charge in [-0.05, 0) is 24.6 Å². The van der Waals surface area contributed by atoms with Crippen LogP contribution in [0.15, 0.2) is 18.2 Å². The first kappa shape index (κ1) is 17.3. The minimum atomic E-state index is -0.767. The van der Waals surface area contributed by atoms with Crippen LogP contribution in [0.2, 0.25) is 5.02 Å². The predicted molar refractivity (Wildman–Crippen MR) is 88.2 cm³/mol. The van der Waals surface area contributed by atoms with Crippen LogP contribution in [-0.4, -0.2) is 41.8 Å². The van der Waals surface area contributed by atoms with Crippen LogP contribution in [0, 0.1) is 6.92 Å². The Labute approximate surface area is 140 Å². The molecule has 0 aromatic heterocycles. The Morgan fingerprint density at radius 2 is 2.17 bits per heavy atom. The van der Waals surface area contributed by atoms with Gasteiger partial charge in [-0.1, -0.05) is 24.6 Å². The zero-order valence-corrected chi connectivity index (χ0v) is 13.9. The summed E-state index contributed by atoms with van der Waals surface area (Å²) in [5, 5.41) is 5.96. The van der Waals surface area contributed by atoms with Gasteiger partial charge < -0.3 is 15.5 Å². The molecule has 0 aliphatic carbocycles. The molecule has 1 aliphatic rings. The van der Waals surface area contributed by atoms with E-state index in [9.17, 15) is 14.4 Å². The third-order valence-corrected chi connectivity index (χ3v) is 4.20. The van der Waals surface area contributed by atoms with Crippen LogP contribution >= 0.6 is 11.6 Å². The van der Waals surface area contributed by atoms with Gasteiger partial charge in [0.1, 0.15) is 6.04 Å². The van der Waals surface area contributed by atoms with Gasteiger partial charge in [-0.15, -0.1) is 0 Å². The first-order valence-electron chi connectivity index (χ1n) is 7.55. The number of carbonyl (C=O) groups is 3. The van der Waals surface area contributed by atoms with E-state index in [1.165, 1.54) is 4.90 Å². The lowest BCUT2D eigenvalue weighted by Crippen LogP contribution is -2.58. The van der Waals surface area contributed by atoms with E-state index in [4.69, 9.17) is 11.6 Å². The van der Waals surface area contributed by atoms with E-state index in [0.29, 0.717) is 30.2 Å². The summed E-state index contributed by atoms with van der Waals surface area (Å²) in [5.41, 5.74) is 1.48. The lowest BCUT2D eigenvalue weighted by Gasteiger charge is -2.34. The van der Waals surface area contributed by atoms with Crippen LogP contribution in [0.1, 0.15) is 25.3 Å². The molecule has 23 heavy (non-hydrogen) atoms. The van der Waals surface area contributed by atoms with Crippen LogP contribution in [0.5, 0.6) is 0 Å². The van der Waals surface area contributed by atoms with E-state index in [-0.39, 0.29) is 24.1 Å². The molecule has 1 atom stereocenters. The molecule has 1 aromatic rings. The molecule has 1 saturated heterocycles. The molecule has 6 nitrogen and oxygen atoms in total. The number of hydrogen-bond acceptors (Lipinski definition) is 3. The highest BCUT2D eigenvalue weighted by Gasteiger charge is 2.33. The fourth-order valence-corrected chi connectivity index (χ4v) is 2.66. The number of amides is 3. The predicted octanol–water partition coefficient (Wildman–Crippen LogP) is 1.71. The number of piperazine rings is 1. The van der Waals surface area contributed by atoms with Crippen molar-refractivity contribution in [2.24, 2.45) is 0 Å². The van der Waals surface area contributed by atoms with Gasteiger partial charge in [-0.25, -0.2) is 0 Å². The highest BCUT2D eigenvalue weighted by molar-refractivity contribution is 6.31. The molecule has 0 unspecified atom stereocenters. The van der Waals surface area contributed by atoms with Crippen molar-refractivity contribution in [1.82, 2.24) is 10.2 Å². The average molecular weight is 338 g/mol. The van der Waals surface area contributed by atoms with Crippen molar-refractivity contribution >= 4 is 35.0 Å². The molecule has 0 bridgehead atoms. The molecule has 0 spiro atoms. The van der Waals surface area contributed by atoms with Gasteiger partial charge in [-0.3, -0.25) is 14.4 Å². The molecule has 0 radical (unpaired) electrons. The van der Waals surface area contributed by atoms with Crippen molar-refractivity contribution in [3.63, 3.8) is 0 Å². The van der Waals surface area contributed by atoms with Gasteiger partial charge in [0.25, 0.3) is 0 Å². The minimum absolute atomic E-state index is 0.0803. The summed E-state index contributed by atoms with van der Waals surface area (Å²) in [6.45, 7) is 4.44. The van der Waals surface area contributed by atoms with E-state index in [1.54, 1.807) is 25.1 Å². The van der Waals surface area contributed by atoms with Gasteiger partial charge in [0.15, 0.2) is 0 Å². The maximum absolute atomic E-state index is 12.2. The Morgan fingerprint density at radius 1 is 1.43 bits per heavy atom. The first-order chi connectivity index (χ1) is 10.9. The molecular weight excluding hydrogens is 318 g/mol. The molecule has 1 heterocycles. The Balaban J connectivity index is 2.05. The number of benzene rings is 1. The SMILES string of the molecule is CCC(=O)N1CCNC(=O)[C@@H]1CC(=O)Nc1ccc(C)c(Cl)c1. The molecular formula is C16H20ClN3O3. The molecule has 0 saturated carbocycles. The van der Waals surface area contributed by atoms with Gasteiger partial charge >= 0.3 is 0 Å². The summed E-state index contributed by atoms with van der Waals surface area (Å²) in [7, 11) is 0. The number of nitrogens with one attached hydrogen (secondary N) is 2. The highest BCUT2D eigenvalue weighted by atomic mass is 35.5. The highest BCUT2D eigenvalue weighted by Crippen LogP contribution is 2.20. The van der Waals surface area contributed by atoms with Crippen molar-refractivity contribution in [1.29, 1.82) is 0 Å². The van der Waals surface area contributed by atoms with Crippen LogP contribution < -0.4 is 10.6 Å². The zero-order valence-electron chi connectivity index (χ0n) is 13.2. The lowest BCUT2D eigenvalue weighted by molar-refractivity contribution is -0.144. The van der Waals surface area contributed by atoms with Crippen molar-refractivity contribution in [2.75, 3.05) is 18.4 Å². The maximum atomic E-state index is 12.2. The van der Waals surface area contributed by atoms with E-state index >= 15 is 0 Å². The molecule has 1 aromatic carbocycles. The number of nitrogens with zero attached hydrogens (tertiary/aromatic N) is 1. The number of hydrogen-bond donors (Lipinski definition) is 2. The zero-order chi connectivity index (χ0) is 17.0. The standard InChI is InChI=1S/C16H20ClN3O3/c1-3-15(22)20-7-6-18-16(23)13(20)9-14(21)19-11-5-4-10(2)12(17)8-11/h4-5,8,13H,3,6-7,9H2,1-2H3,(H,18,23)(H,19,21)/t13-/m0/s1. The second-order valence-corrected chi connectivity index (χ2v) is 5.87. The summed E-state index contributed by atoms with van der Waals surface area (Å²) in [6.07, 6.45) is 0.224. The third-order valence-electron chi connectivity index (χ3n) is 3.79. The number of anilines is 1. The van der Waals surface area contributed by atoms with Crippen molar-refractivity contribution in [3.05, 3.63) is 28.8 Å². The quantitative estimate of drug-likeness (QED) is 0.878. The van der Waals surface area contributed by atoms with Crippen LogP contribution in [0.25, 0.3) is 0 Å². The molecule has 1 aliphatic heterocycles. The number of carbonyl (C=O) groups excluding carboxylic acids is 3. The van der Waals surface area contributed by atoms with Crippen LogP contribution in [-0.2, 0) is 14.4 Å². The molecule has 124 valence electrons. The van der Waals surface area contributed by atoms with E-state index in [1.807, 2.05) is 6.92 Å². The van der Waals surface area contributed by atoms with Gasteiger partial charge in [-0.2, -0.15) is 0 Å². The Morgan fingerprint density at radius 3 is 2.83 bits per heavy atom. The summed E-state index contributed by atoms with van der Waals surface area (Å²) < 4.78 is 0. The minimum Gasteiger partial charge on any atom is -0.353 e. The van der Waals surface area contributed by atoms with Crippen molar-refractivity contribution < 1.29 is 14.4 Å². The number of halogens is 1. The molecule has 2 N–H and O–H groups in total. The van der Waals surface area contributed by atoms with E-state index < -0.39 is 6.04 Å². The van der Waals surface area contributed by atoms with Crippen LogP contribution in [0.4, 0.5) is 5.69 Å². The molecule has 7 heteroatoms. The summed E-state index contributed by atoms with van der Waals surface area (Å²) in [6, 6.07) is 4.44. The van der Waals surface area contributed by atoms with Gasteiger partial charge in [0, 0.05) is 30.2 Å². The lowest BCUT2D eigenvalue weighted by atomic mass is 10.1. The smallest absolute Gasteiger partial charge is 0.243 e.